The average molecular weight is 181 g/mol. The molecule has 0 bridgehead atoms. The zero-order valence-corrected chi connectivity index (χ0v) is 9.46. The molecule has 0 spiro atoms. The molecule has 1 unspecified atom stereocenters. The van der Waals surface area contributed by atoms with Crippen molar-refractivity contribution >= 4 is 0 Å². The van der Waals surface area contributed by atoms with Gasteiger partial charge in [-0.05, 0) is 32.1 Å². The first-order valence-electron chi connectivity index (χ1n) is 5.44. The standard InChI is InChI=1S/C12H23N/c1-6-11-7-12(9(2)3)13(8-11)10(4)5/h6,9-12H,1,7-8H2,2-5H3/t11?,12-/m0/s1. The molecule has 1 aliphatic rings. The first kappa shape index (κ1) is 10.8. The molecule has 1 heterocycles. The van der Waals surface area contributed by atoms with Crippen molar-refractivity contribution in [1.82, 2.24) is 4.90 Å². The molecule has 0 N–H and O–H groups in total. The fourth-order valence-corrected chi connectivity index (χ4v) is 2.35. The van der Waals surface area contributed by atoms with Gasteiger partial charge in [-0.15, -0.1) is 6.58 Å². The summed E-state index contributed by atoms with van der Waals surface area (Å²) in [6.45, 7) is 14.4. The maximum absolute atomic E-state index is 3.90. The predicted octanol–water partition coefficient (Wildman–Crippen LogP) is 2.93. The quantitative estimate of drug-likeness (QED) is 0.605. The van der Waals surface area contributed by atoms with Crippen LogP contribution in [0.3, 0.4) is 0 Å². The van der Waals surface area contributed by atoms with Gasteiger partial charge in [-0.2, -0.15) is 0 Å². The van der Waals surface area contributed by atoms with E-state index in [0.29, 0.717) is 6.04 Å². The summed E-state index contributed by atoms with van der Waals surface area (Å²) in [6.07, 6.45) is 3.43. The van der Waals surface area contributed by atoms with Crippen molar-refractivity contribution in [2.75, 3.05) is 6.54 Å². The van der Waals surface area contributed by atoms with Crippen LogP contribution in [0.15, 0.2) is 12.7 Å². The Balaban J connectivity index is 2.65. The molecule has 0 radical (unpaired) electrons. The lowest BCUT2D eigenvalue weighted by Gasteiger charge is -2.30. The average Bonchev–Trinajstić information content (AvgIpc) is 2.47. The van der Waals surface area contributed by atoms with Crippen LogP contribution in [0, 0.1) is 11.8 Å². The first-order chi connectivity index (χ1) is 6.06. The van der Waals surface area contributed by atoms with Crippen LogP contribution in [0.1, 0.15) is 34.1 Å². The molecule has 1 heteroatoms. The molecule has 0 saturated carbocycles. The highest BCUT2D eigenvalue weighted by molar-refractivity contribution is 4.95. The lowest BCUT2D eigenvalue weighted by atomic mass is 9.97. The first-order valence-corrected chi connectivity index (χ1v) is 5.44. The highest BCUT2D eigenvalue weighted by Crippen LogP contribution is 2.30. The second-order valence-electron chi connectivity index (χ2n) is 4.83. The topological polar surface area (TPSA) is 3.24 Å². The molecule has 0 aliphatic carbocycles. The smallest absolute Gasteiger partial charge is 0.0127 e. The minimum Gasteiger partial charge on any atom is -0.297 e. The van der Waals surface area contributed by atoms with Gasteiger partial charge >= 0.3 is 0 Å². The molecule has 13 heavy (non-hydrogen) atoms. The van der Waals surface area contributed by atoms with E-state index < -0.39 is 0 Å². The van der Waals surface area contributed by atoms with Gasteiger partial charge in [-0.3, -0.25) is 4.90 Å². The van der Waals surface area contributed by atoms with Crippen LogP contribution in [0.4, 0.5) is 0 Å². The van der Waals surface area contributed by atoms with Gasteiger partial charge in [-0.25, -0.2) is 0 Å². The van der Waals surface area contributed by atoms with Crippen molar-refractivity contribution in [2.24, 2.45) is 11.8 Å². The number of likely N-dealkylation sites (tertiary alicyclic amines) is 1. The Bertz CT molecular complexity index is 156. The summed E-state index contributed by atoms with van der Waals surface area (Å²) in [6, 6.07) is 1.44. The van der Waals surface area contributed by atoms with E-state index in [1.165, 1.54) is 13.0 Å². The number of hydrogen-bond acceptors (Lipinski definition) is 1. The lowest BCUT2D eigenvalue weighted by molar-refractivity contribution is 0.165. The van der Waals surface area contributed by atoms with Crippen LogP contribution in [0.2, 0.25) is 0 Å². The Morgan fingerprint density at radius 1 is 1.31 bits per heavy atom. The summed E-state index contributed by atoms with van der Waals surface area (Å²) in [7, 11) is 0. The van der Waals surface area contributed by atoms with Gasteiger partial charge in [0.1, 0.15) is 0 Å². The van der Waals surface area contributed by atoms with E-state index in [0.717, 1.165) is 17.9 Å². The van der Waals surface area contributed by atoms with Gasteiger partial charge in [-0.1, -0.05) is 19.9 Å². The largest absolute Gasteiger partial charge is 0.297 e. The number of hydrogen-bond donors (Lipinski definition) is 0. The molecular formula is C12H23N. The summed E-state index contributed by atoms with van der Waals surface area (Å²) < 4.78 is 0. The maximum atomic E-state index is 3.90. The SMILES string of the molecule is C=CC1C[C@@H](C(C)C)N(C(C)C)C1. The fourth-order valence-electron chi connectivity index (χ4n) is 2.35. The van der Waals surface area contributed by atoms with Crippen LogP contribution in [0.25, 0.3) is 0 Å². The van der Waals surface area contributed by atoms with E-state index in [4.69, 9.17) is 0 Å². The van der Waals surface area contributed by atoms with Crippen LogP contribution in [-0.2, 0) is 0 Å². The molecule has 1 fully saturated rings. The molecule has 1 nitrogen and oxygen atoms in total. The van der Waals surface area contributed by atoms with E-state index >= 15 is 0 Å². The van der Waals surface area contributed by atoms with Crippen molar-refractivity contribution in [3.63, 3.8) is 0 Å². The minimum atomic E-state index is 0.678. The van der Waals surface area contributed by atoms with Crippen molar-refractivity contribution < 1.29 is 0 Å². The minimum absolute atomic E-state index is 0.678. The molecule has 1 aliphatic heterocycles. The summed E-state index contributed by atoms with van der Waals surface area (Å²) in [5.41, 5.74) is 0. The third kappa shape index (κ3) is 2.34. The van der Waals surface area contributed by atoms with E-state index in [9.17, 15) is 0 Å². The Hall–Kier alpha value is -0.300. The second-order valence-corrected chi connectivity index (χ2v) is 4.83. The lowest BCUT2D eigenvalue weighted by Crippen LogP contribution is -2.38. The Labute approximate surface area is 82.8 Å². The van der Waals surface area contributed by atoms with Gasteiger partial charge in [0.25, 0.3) is 0 Å². The Kier molecular flexibility index (Phi) is 3.55. The van der Waals surface area contributed by atoms with Gasteiger partial charge in [0.15, 0.2) is 0 Å². The second kappa shape index (κ2) is 4.28. The van der Waals surface area contributed by atoms with Gasteiger partial charge in [0.2, 0.25) is 0 Å². The van der Waals surface area contributed by atoms with Gasteiger partial charge < -0.3 is 0 Å². The van der Waals surface area contributed by atoms with Crippen molar-refractivity contribution in [1.29, 1.82) is 0 Å². The van der Waals surface area contributed by atoms with Gasteiger partial charge in [0.05, 0.1) is 0 Å². The predicted molar refractivity (Wildman–Crippen MR) is 58.8 cm³/mol. The molecule has 76 valence electrons. The molecule has 2 atom stereocenters. The molecule has 1 rings (SSSR count). The molecule has 1 saturated heterocycles. The number of nitrogens with zero attached hydrogens (tertiary/aromatic N) is 1. The zero-order valence-electron chi connectivity index (χ0n) is 9.46. The highest BCUT2D eigenvalue weighted by Gasteiger charge is 2.33. The Morgan fingerprint density at radius 3 is 2.23 bits per heavy atom. The normalized spacial score (nSPS) is 30.3. The molecule has 0 amide bonds. The van der Waals surface area contributed by atoms with Crippen LogP contribution < -0.4 is 0 Å². The molecular weight excluding hydrogens is 158 g/mol. The summed E-state index contributed by atoms with van der Waals surface area (Å²) in [4.78, 5) is 2.62. The highest BCUT2D eigenvalue weighted by atomic mass is 15.2. The van der Waals surface area contributed by atoms with Crippen LogP contribution in [0.5, 0.6) is 0 Å². The zero-order chi connectivity index (χ0) is 10.0. The van der Waals surface area contributed by atoms with Crippen LogP contribution in [-0.4, -0.2) is 23.5 Å². The van der Waals surface area contributed by atoms with Gasteiger partial charge in [0, 0.05) is 18.6 Å². The Morgan fingerprint density at radius 2 is 1.92 bits per heavy atom. The molecule has 0 aromatic heterocycles. The van der Waals surface area contributed by atoms with E-state index in [2.05, 4.69) is 45.2 Å². The summed E-state index contributed by atoms with van der Waals surface area (Å²) in [5, 5.41) is 0. The monoisotopic (exact) mass is 181 g/mol. The van der Waals surface area contributed by atoms with E-state index in [1.807, 2.05) is 0 Å². The summed E-state index contributed by atoms with van der Waals surface area (Å²) >= 11 is 0. The van der Waals surface area contributed by atoms with Crippen molar-refractivity contribution in [2.45, 2.75) is 46.2 Å². The summed E-state index contributed by atoms with van der Waals surface area (Å²) in [5.74, 6) is 1.49. The third-order valence-electron chi connectivity index (χ3n) is 3.18. The molecule has 0 aromatic carbocycles. The van der Waals surface area contributed by atoms with E-state index in [-0.39, 0.29) is 0 Å². The fraction of sp³-hybridized carbons (Fsp3) is 0.833. The molecule has 0 aromatic rings. The maximum Gasteiger partial charge on any atom is 0.0127 e. The number of rotatable bonds is 3. The van der Waals surface area contributed by atoms with E-state index in [1.54, 1.807) is 0 Å². The van der Waals surface area contributed by atoms with Crippen LogP contribution >= 0.6 is 0 Å². The third-order valence-corrected chi connectivity index (χ3v) is 3.18. The van der Waals surface area contributed by atoms with Crippen molar-refractivity contribution in [3.8, 4) is 0 Å². The van der Waals surface area contributed by atoms with Crippen molar-refractivity contribution in [3.05, 3.63) is 12.7 Å².